The molecule has 0 aromatic rings. The molecule has 21 heavy (non-hydrogen) atoms. The Morgan fingerprint density at radius 2 is 1.76 bits per heavy atom. The van der Waals surface area contributed by atoms with Crippen molar-refractivity contribution in [1.82, 2.24) is 9.80 Å². The molecular weight excluding hydrogens is 276 g/mol. The fourth-order valence-electron chi connectivity index (χ4n) is 4.82. The SMILES string of the molecule is CC1CCC2SC3CCCCC3N(CCCN(C)C)C2C1. The number of thioether (sulfide) groups is 1. The lowest BCUT2D eigenvalue weighted by Crippen LogP contribution is -2.59. The molecule has 3 heteroatoms. The Bertz CT molecular complexity index is 333. The minimum atomic E-state index is 0.889. The molecular formula is C18H34N2S. The van der Waals surface area contributed by atoms with Crippen LogP contribution < -0.4 is 0 Å². The zero-order valence-electron chi connectivity index (χ0n) is 14.3. The Morgan fingerprint density at radius 1 is 1.00 bits per heavy atom. The zero-order valence-corrected chi connectivity index (χ0v) is 15.1. The van der Waals surface area contributed by atoms with Gasteiger partial charge in [0, 0.05) is 29.1 Å². The third-order valence-corrected chi connectivity index (χ3v) is 7.71. The second-order valence-electron chi connectivity index (χ2n) is 7.95. The molecule has 2 saturated carbocycles. The van der Waals surface area contributed by atoms with Gasteiger partial charge in [-0.15, -0.1) is 0 Å². The minimum Gasteiger partial charge on any atom is -0.309 e. The van der Waals surface area contributed by atoms with Crippen LogP contribution in [-0.2, 0) is 0 Å². The molecule has 3 rings (SSSR count). The molecule has 1 aliphatic heterocycles. The Balaban J connectivity index is 1.69. The fraction of sp³-hybridized carbons (Fsp3) is 1.00. The molecule has 1 heterocycles. The Hall–Kier alpha value is 0.270. The van der Waals surface area contributed by atoms with E-state index in [1.807, 2.05) is 0 Å². The summed E-state index contributed by atoms with van der Waals surface area (Å²) in [5.41, 5.74) is 0. The summed E-state index contributed by atoms with van der Waals surface area (Å²) in [6.45, 7) is 5.06. The van der Waals surface area contributed by atoms with Crippen LogP contribution in [0.3, 0.4) is 0 Å². The van der Waals surface area contributed by atoms with Gasteiger partial charge in [0.1, 0.15) is 0 Å². The largest absolute Gasteiger partial charge is 0.309 e. The van der Waals surface area contributed by atoms with E-state index in [1.54, 1.807) is 0 Å². The molecule has 0 radical (unpaired) electrons. The van der Waals surface area contributed by atoms with E-state index in [4.69, 9.17) is 0 Å². The molecule has 0 aromatic carbocycles. The van der Waals surface area contributed by atoms with Gasteiger partial charge in [-0.3, -0.25) is 4.90 Å². The summed E-state index contributed by atoms with van der Waals surface area (Å²) in [5, 5.41) is 1.90. The van der Waals surface area contributed by atoms with Crippen LogP contribution in [0.2, 0.25) is 0 Å². The summed E-state index contributed by atoms with van der Waals surface area (Å²) in [6, 6.07) is 1.79. The molecule has 122 valence electrons. The van der Waals surface area contributed by atoms with Crippen molar-refractivity contribution in [3.63, 3.8) is 0 Å². The predicted octanol–water partition coefficient (Wildman–Crippen LogP) is 3.86. The highest BCUT2D eigenvalue weighted by molar-refractivity contribution is 8.00. The average molecular weight is 311 g/mol. The van der Waals surface area contributed by atoms with Crippen LogP contribution >= 0.6 is 11.8 Å². The maximum Gasteiger partial charge on any atom is 0.0220 e. The van der Waals surface area contributed by atoms with Crippen LogP contribution in [-0.4, -0.2) is 59.6 Å². The van der Waals surface area contributed by atoms with E-state index in [9.17, 15) is 0 Å². The predicted molar refractivity (Wildman–Crippen MR) is 94.1 cm³/mol. The quantitative estimate of drug-likeness (QED) is 0.778. The molecule has 0 spiro atoms. The molecule has 0 N–H and O–H groups in total. The third kappa shape index (κ3) is 3.79. The van der Waals surface area contributed by atoms with Gasteiger partial charge in [-0.05, 0) is 65.1 Å². The van der Waals surface area contributed by atoms with Gasteiger partial charge >= 0.3 is 0 Å². The van der Waals surface area contributed by atoms with Crippen LogP contribution in [0.5, 0.6) is 0 Å². The van der Waals surface area contributed by atoms with Crippen molar-refractivity contribution in [3.05, 3.63) is 0 Å². The van der Waals surface area contributed by atoms with E-state index in [1.165, 1.54) is 64.5 Å². The van der Waals surface area contributed by atoms with Crippen molar-refractivity contribution in [1.29, 1.82) is 0 Å². The van der Waals surface area contributed by atoms with Gasteiger partial charge in [-0.1, -0.05) is 19.8 Å². The molecule has 0 amide bonds. The minimum absolute atomic E-state index is 0.889. The van der Waals surface area contributed by atoms with Crippen LogP contribution in [0.4, 0.5) is 0 Å². The summed E-state index contributed by atoms with van der Waals surface area (Å²) in [6.07, 6.45) is 11.7. The van der Waals surface area contributed by atoms with Gasteiger partial charge in [0.15, 0.2) is 0 Å². The van der Waals surface area contributed by atoms with Gasteiger partial charge in [-0.25, -0.2) is 0 Å². The van der Waals surface area contributed by atoms with Gasteiger partial charge in [0.05, 0.1) is 0 Å². The van der Waals surface area contributed by atoms with E-state index < -0.39 is 0 Å². The molecule has 0 bridgehead atoms. The average Bonchev–Trinajstić information content (AvgIpc) is 2.46. The summed E-state index contributed by atoms with van der Waals surface area (Å²) >= 11 is 2.39. The molecule has 5 unspecified atom stereocenters. The van der Waals surface area contributed by atoms with Crippen LogP contribution in [0.1, 0.15) is 58.3 Å². The highest BCUT2D eigenvalue weighted by Gasteiger charge is 2.45. The second kappa shape index (κ2) is 7.23. The highest BCUT2D eigenvalue weighted by Crippen LogP contribution is 2.47. The van der Waals surface area contributed by atoms with Crippen molar-refractivity contribution < 1.29 is 0 Å². The number of hydrogen-bond acceptors (Lipinski definition) is 3. The van der Waals surface area contributed by atoms with Gasteiger partial charge in [0.2, 0.25) is 0 Å². The van der Waals surface area contributed by atoms with E-state index in [0.717, 1.165) is 28.5 Å². The number of fused-ring (bicyclic) bond motifs is 2. The molecule has 1 saturated heterocycles. The maximum absolute atomic E-state index is 2.99. The van der Waals surface area contributed by atoms with E-state index in [0.29, 0.717) is 0 Å². The lowest BCUT2D eigenvalue weighted by molar-refractivity contribution is 0.0623. The highest BCUT2D eigenvalue weighted by atomic mass is 32.2. The second-order valence-corrected chi connectivity index (χ2v) is 9.43. The van der Waals surface area contributed by atoms with Crippen molar-refractivity contribution in [3.8, 4) is 0 Å². The zero-order chi connectivity index (χ0) is 14.8. The number of hydrogen-bond donors (Lipinski definition) is 0. The molecule has 2 nitrogen and oxygen atoms in total. The Morgan fingerprint density at radius 3 is 2.57 bits per heavy atom. The first-order valence-corrected chi connectivity index (χ1v) is 10.2. The lowest BCUT2D eigenvalue weighted by atomic mass is 9.82. The van der Waals surface area contributed by atoms with Crippen molar-refractivity contribution in [2.75, 3.05) is 27.2 Å². The number of rotatable bonds is 4. The molecule has 3 aliphatic rings. The van der Waals surface area contributed by atoms with Gasteiger partial charge in [-0.2, -0.15) is 11.8 Å². The maximum atomic E-state index is 2.99. The Labute approximate surface area is 136 Å². The van der Waals surface area contributed by atoms with Crippen LogP contribution in [0.25, 0.3) is 0 Å². The first-order chi connectivity index (χ1) is 10.1. The molecule has 2 aliphatic carbocycles. The van der Waals surface area contributed by atoms with E-state index >= 15 is 0 Å². The molecule has 5 atom stereocenters. The molecule has 0 aromatic heterocycles. The Kier molecular flexibility index (Phi) is 5.55. The molecule has 3 fully saturated rings. The van der Waals surface area contributed by atoms with Crippen molar-refractivity contribution >= 4 is 11.8 Å². The fourth-order valence-corrected chi connectivity index (χ4v) is 6.76. The standard InChI is InChI=1S/C18H34N2S/c1-14-9-10-18-16(13-14)20(12-6-11-19(2)3)15-7-4-5-8-17(15)21-18/h14-18H,4-13H2,1-3H3. The van der Waals surface area contributed by atoms with Crippen molar-refractivity contribution in [2.45, 2.75) is 80.9 Å². The first-order valence-electron chi connectivity index (χ1n) is 9.21. The number of nitrogens with zero attached hydrogens (tertiary/aromatic N) is 2. The summed E-state index contributed by atoms with van der Waals surface area (Å²) in [5.74, 6) is 0.948. The van der Waals surface area contributed by atoms with Crippen LogP contribution in [0, 0.1) is 5.92 Å². The smallest absolute Gasteiger partial charge is 0.0220 e. The summed E-state index contributed by atoms with van der Waals surface area (Å²) < 4.78 is 0. The summed E-state index contributed by atoms with van der Waals surface area (Å²) in [7, 11) is 4.42. The monoisotopic (exact) mass is 310 g/mol. The van der Waals surface area contributed by atoms with Gasteiger partial charge in [0.25, 0.3) is 0 Å². The van der Waals surface area contributed by atoms with Crippen LogP contribution in [0.15, 0.2) is 0 Å². The van der Waals surface area contributed by atoms with E-state index in [2.05, 4.69) is 42.6 Å². The first kappa shape index (κ1) is 16.1. The van der Waals surface area contributed by atoms with Gasteiger partial charge < -0.3 is 4.90 Å². The summed E-state index contributed by atoms with van der Waals surface area (Å²) in [4.78, 5) is 5.34. The van der Waals surface area contributed by atoms with E-state index in [-0.39, 0.29) is 0 Å². The van der Waals surface area contributed by atoms with Crippen molar-refractivity contribution in [2.24, 2.45) is 5.92 Å². The topological polar surface area (TPSA) is 6.48 Å². The lowest BCUT2D eigenvalue weighted by Gasteiger charge is -2.54. The normalized spacial score (nSPS) is 40.9. The third-order valence-electron chi connectivity index (χ3n) is 5.91.